The molecule has 0 aliphatic rings. The molecule has 0 spiro atoms. The van der Waals surface area contributed by atoms with Gasteiger partial charge in [-0.05, 0) is 36.6 Å². The zero-order valence-electron chi connectivity index (χ0n) is 10.8. The second-order valence-corrected chi connectivity index (χ2v) is 3.90. The average molecular weight is 246 g/mol. The van der Waals surface area contributed by atoms with Crippen LogP contribution in [0.25, 0.3) is 10.8 Å². The SMILES string of the molecule is CCOc1nccc2cc(NCCOC)ccc12. The van der Waals surface area contributed by atoms with Gasteiger partial charge >= 0.3 is 0 Å². The van der Waals surface area contributed by atoms with Crippen LogP contribution in [0.15, 0.2) is 30.5 Å². The van der Waals surface area contributed by atoms with E-state index in [2.05, 4.69) is 16.4 Å². The Balaban J connectivity index is 2.23. The Morgan fingerprint density at radius 3 is 2.94 bits per heavy atom. The summed E-state index contributed by atoms with van der Waals surface area (Å²) in [6.07, 6.45) is 1.77. The molecule has 0 saturated heterocycles. The molecule has 4 heteroatoms. The highest BCUT2D eigenvalue weighted by molar-refractivity contribution is 5.89. The van der Waals surface area contributed by atoms with Crippen LogP contribution < -0.4 is 10.1 Å². The topological polar surface area (TPSA) is 43.4 Å². The molecule has 0 fully saturated rings. The van der Waals surface area contributed by atoms with Gasteiger partial charge in [0.05, 0.1) is 13.2 Å². The molecular weight excluding hydrogens is 228 g/mol. The van der Waals surface area contributed by atoms with E-state index < -0.39 is 0 Å². The Morgan fingerprint density at radius 2 is 2.17 bits per heavy atom. The quantitative estimate of drug-likeness (QED) is 0.796. The summed E-state index contributed by atoms with van der Waals surface area (Å²) < 4.78 is 10.5. The third kappa shape index (κ3) is 2.90. The first-order valence-electron chi connectivity index (χ1n) is 6.09. The molecule has 0 unspecified atom stereocenters. The number of ether oxygens (including phenoxy) is 2. The maximum atomic E-state index is 5.51. The maximum absolute atomic E-state index is 5.51. The van der Waals surface area contributed by atoms with Gasteiger partial charge in [-0.2, -0.15) is 0 Å². The summed E-state index contributed by atoms with van der Waals surface area (Å²) in [5.41, 5.74) is 1.08. The average Bonchev–Trinajstić information content (AvgIpc) is 2.39. The Hall–Kier alpha value is -1.81. The summed E-state index contributed by atoms with van der Waals surface area (Å²) in [6.45, 7) is 4.07. The minimum Gasteiger partial charge on any atom is -0.478 e. The number of nitrogens with one attached hydrogen (secondary N) is 1. The largest absolute Gasteiger partial charge is 0.478 e. The molecule has 0 radical (unpaired) electrons. The smallest absolute Gasteiger partial charge is 0.221 e. The fourth-order valence-electron chi connectivity index (χ4n) is 1.81. The molecule has 2 rings (SSSR count). The minimum atomic E-state index is 0.625. The second kappa shape index (κ2) is 6.21. The summed E-state index contributed by atoms with van der Waals surface area (Å²) >= 11 is 0. The van der Waals surface area contributed by atoms with Gasteiger partial charge in [0.1, 0.15) is 0 Å². The van der Waals surface area contributed by atoms with Crippen LogP contribution in [0.4, 0.5) is 5.69 Å². The molecule has 0 aliphatic heterocycles. The van der Waals surface area contributed by atoms with Crippen LogP contribution in [0.5, 0.6) is 5.88 Å². The molecule has 0 aliphatic carbocycles. The maximum Gasteiger partial charge on any atom is 0.221 e. The van der Waals surface area contributed by atoms with Crippen LogP contribution in [-0.4, -0.2) is 31.9 Å². The van der Waals surface area contributed by atoms with Gasteiger partial charge in [0.15, 0.2) is 0 Å². The molecule has 96 valence electrons. The van der Waals surface area contributed by atoms with E-state index in [0.717, 1.165) is 23.0 Å². The van der Waals surface area contributed by atoms with E-state index in [1.165, 1.54) is 0 Å². The van der Waals surface area contributed by atoms with Gasteiger partial charge in [0.25, 0.3) is 0 Å². The molecule has 0 bridgehead atoms. The monoisotopic (exact) mass is 246 g/mol. The van der Waals surface area contributed by atoms with Crippen molar-refractivity contribution in [3.8, 4) is 5.88 Å². The van der Waals surface area contributed by atoms with E-state index in [0.29, 0.717) is 19.1 Å². The summed E-state index contributed by atoms with van der Waals surface area (Å²) in [5.74, 6) is 0.693. The molecule has 1 N–H and O–H groups in total. The van der Waals surface area contributed by atoms with Crippen LogP contribution >= 0.6 is 0 Å². The van der Waals surface area contributed by atoms with E-state index in [1.54, 1.807) is 13.3 Å². The first kappa shape index (κ1) is 12.6. The van der Waals surface area contributed by atoms with Gasteiger partial charge in [-0.3, -0.25) is 0 Å². The summed E-state index contributed by atoms with van der Waals surface area (Å²) in [6, 6.07) is 8.14. The number of benzene rings is 1. The first-order chi connectivity index (χ1) is 8.85. The number of nitrogens with zero attached hydrogens (tertiary/aromatic N) is 1. The van der Waals surface area contributed by atoms with E-state index in [-0.39, 0.29) is 0 Å². The van der Waals surface area contributed by atoms with Crippen molar-refractivity contribution in [3.63, 3.8) is 0 Å². The minimum absolute atomic E-state index is 0.625. The lowest BCUT2D eigenvalue weighted by Gasteiger charge is -2.09. The predicted octanol–water partition coefficient (Wildman–Crippen LogP) is 2.69. The number of rotatable bonds is 6. The number of aromatic nitrogens is 1. The number of hydrogen-bond donors (Lipinski definition) is 1. The van der Waals surface area contributed by atoms with Gasteiger partial charge in [-0.1, -0.05) is 0 Å². The Morgan fingerprint density at radius 1 is 1.28 bits per heavy atom. The molecule has 4 nitrogen and oxygen atoms in total. The van der Waals surface area contributed by atoms with Gasteiger partial charge in [0, 0.05) is 30.9 Å². The van der Waals surface area contributed by atoms with E-state index in [1.807, 2.05) is 25.1 Å². The highest BCUT2D eigenvalue weighted by atomic mass is 16.5. The fraction of sp³-hybridized carbons (Fsp3) is 0.357. The van der Waals surface area contributed by atoms with Gasteiger partial charge in [0.2, 0.25) is 5.88 Å². The van der Waals surface area contributed by atoms with Crippen molar-refractivity contribution < 1.29 is 9.47 Å². The Labute approximate surface area is 107 Å². The molecule has 2 aromatic rings. The number of methoxy groups -OCH3 is 1. The third-order valence-electron chi connectivity index (χ3n) is 2.64. The van der Waals surface area contributed by atoms with E-state index >= 15 is 0 Å². The summed E-state index contributed by atoms with van der Waals surface area (Å²) in [4.78, 5) is 4.24. The van der Waals surface area contributed by atoms with Crippen molar-refractivity contribution in [2.24, 2.45) is 0 Å². The van der Waals surface area contributed by atoms with Crippen LogP contribution in [-0.2, 0) is 4.74 Å². The highest BCUT2D eigenvalue weighted by Gasteiger charge is 2.03. The lowest BCUT2D eigenvalue weighted by Crippen LogP contribution is -2.07. The van der Waals surface area contributed by atoms with E-state index in [9.17, 15) is 0 Å². The predicted molar refractivity (Wildman–Crippen MR) is 73.3 cm³/mol. The number of fused-ring (bicyclic) bond motifs is 1. The Bertz CT molecular complexity index is 514. The molecule has 1 aromatic carbocycles. The van der Waals surface area contributed by atoms with Crippen LogP contribution in [0.2, 0.25) is 0 Å². The highest BCUT2D eigenvalue weighted by Crippen LogP contribution is 2.25. The first-order valence-corrected chi connectivity index (χ1v) is 6.09. The van der Waals surface area contributed by atoms with Crippen molar-refractivity contribution in [2.75, 3.05) is 32.2 Å². The van der Waals surface area contributed by atoms with Crippen molar-refractivity contribution >= 4 is 16.5 Å². The molecular formula is C14H18N2O2. The second-order valence-electron chi connectivity index (χ2n) is 3.90. The fourth-order valence-corrected chi connectivity index (χ4v) is 1.81. The van der Waals surface area contributed by atoms with Crippen LogP contribution in [0, 0.1) is 0 Å². The standard InChI is InChI=1S/C14H18N2O2/c1-3-18-14-13-5-4-12(15-8-9-17-2)10-11(13)6-7-16-14/h4-7,10,15H,3,8-9H2,1-2H3. The molecule has 0 amide bonds. The molecule has 18 heavy (non-hydrogen) atoms. The normalized spacial score (nSPS) is 10.6. The number of anilines is 1. The van der Waals surface area contributed by atoms with Crippen molar-refractivity contribution in [3.05, 3.63) is 30.5 Å². The van der Waals surface area contributed by atoms with Gasteiger partial charge in [-0.15, -0.1) is 0 Å². The van der Waals surface area contributed by atoms with Gasteiger partial charge in [-0.25, -0.2) is 4.98 Å². The van der Waals surface area contributed by atoms with Crippen molar-refractivity contribution in [1.82, 2.24) is 4.98 Å². The summed E-state index contributed by atoms with van der Waals surface area (Å²) in [7, 11) is 1.70. The zero-order valence-corrected chi connectivity index (χ0v) is 10.8. The van der Waals surface area contributed by atoms with Crippen molar-refractivity contribution in [1.29, 1.82) is 0 Å². The zero-order chi connectivity index (χ0) is 12.8. The number of hydrogen-bond acceptors (Lipinski definition) is 4. The lowest BCUT2D eigenvalue weighted by molar-refractivity contribution is 0.211. The Kier molecular flexibility index (Phi) is 4.36. The molecule has 0 atom stereocenters. The van der Waals surface area contributed by atoms with Gasteiger partial charge < -0.3 is 14.8 Å². The molecule has 1 heterocycles. The summed E-state index contributed by atoms with van der Waals surface area (Å²) in [5, 5.41) is 5.46. The van der Waals surface area contributed by atoms with Crippen LogP contribution in [0.3, 0.4) is 0 Å². The van der Waals surface area contributed by atoms with Crippen LogP contribution in [0.1, 0.15) is 6.92 Å². The van der Waals surface area contributed by atoms with Crippen molar-refractivity contribution in [2.45, 2.75) is 6.92 Å². The molecule has 0 saturated carbocycles. The molecule has 1 aromatic heterocycles. The lowest BCUT2D eigenvalue weighted by atomic mass is 10.1. The third-order valence-corrected chi connectivity index (χ3v) is 2.64. The van der Waals surface area contributed by atoms with E-state index in [4.69, 9.17) is 9.47 Å². The number of pyridine rings is 1.